The van der Waals surface area contributed by atoms with E-state index in [-0.39, 0.29) is 16.3 Å². The van der Waals surface area contributed by atoms with Crippen molar-refractivity contribution >= 4 is 41.1 Å². The highest BCUT2D eigenvalue weighted by Crippen LogP contribution is 2.37. The Balaban J connectivity index is 2.44. The van der Waals surface area contributed by atoms with Crippen LogP contribution in [0.2, 0.25) is 15.1 Å². The van der Waals surface area contributed by atoms with E-state index in [2.05, 4.69) is 0 Å². The Hall–Kier alpha value is -1.42. The fraction of sp³-hybridized carbons (Fsp3) is 0.0714. The molecule has 0 spiro atoms. The van der Waals surface area contributed by atoms with E-state index in [0.29, 0.717) is 27.8 Å². The van der Waals surface area contributed by atoms with Crippen LogP contribution in [0.3, 0.4) is 0 Å². The molecule has 0 fully saturated rings. The summed E-state index contributed by atoms with van der Waals surface area (Å²) < 4.78 is 10.8. The van der Waals surface area contributed by atoms with Crippen molar-refractivity contribution in [2.75, 3.05) is 7.11 Å². The van der Waals surface area contributed by atoms with Gasteiger partial charge in [-0.25, -0.2) is 0 Å². The lowest BCUT2D eigenvalue weighted by Gasteiger charge is -2.12. The lowest BCUT2D eigenvalue weighted by molar-refractivity contribution is 0.112. The second-order valence-corrected chi connectivity index (χ2v) is 5.07. The molecule has 0 amide bonds. The van der Waals surface area contributed by atoms with Crippen molar-refractivity contribution in [2.24, 2.45) is 0 Å². The quantitative estimate of drug-likeness (QED) is 0.717. The molecular formula is C14H9Cl3O3. The van der Waals surface area contributed by atoms with E-state index in [1.165, 1.54) is 19.2 Å². The van der Waals surface area contributed by atoms with Crippen LogP contribution in [0.25, 0.3) is 0 Å². The summed E-state index contributed by atoms with van der Waals surface area (Å²) >= 11 is 17.7. The molecule has 0 saturated heterocycles. The Morgan fingerprint density at radius 3 is 2.30 bits per heavy atom. The fourth-order valence-corrected chi connectivity index (χ4v) is 2.06. The van der Waals surface area contributed by atoms with Gasteiger partial charge < -0.3 is 9.47 Å². The number of carbonyl (C=O) groups is 1. The summed E-state index contributed by atoms with van der Waals surface area (Å²) in [4.78, 5) is 11.1. The van der Waals surface area contributed by atoms with E-state index in [0.717, 1.165) is 0 Å². The van der Waals surface area contributed by atoms with Gasteiger partial charge in [-0.1, -0.05) is 34.8 Å². The molecule has 0 heterocycles. The molecule has 0 aliphatic rings. The topological polar surface area (TPSA) is 35.5 Å². The molecule has 2 rings (SSSR count). The minimum atomic E-state index is 0.282. The molecular weight excluding hydrogens is 323 g/mol. The van der Waals surface area contributed by atoms with Crippen molar-refractivity contribution in [2.45, 2.75) is 0 Å². The van der Waals surface area contributed by atoms with Crippen LogP contribution in [0.4, 0.5) is 0 Å². The molecule has 2 aromatic carbocycles. The summed E-state index contributed by atoms with van der Waals surface area (Å²) in [5.74, 6) is 1.15. The molecule has 6 heteroatoms. The Morgan fingerprint density at radius 2 is 1.65 bits per heavy atom. The van der Waals surface area contributed by atoms with Crippen molar-refractivity contribution in [1.29, 1.82) is 0 Å². The van der Waals surface area contributed by atoms with E-state index < -0.39 is 0 Å². The van der Waals surface area contributed by atoms with Crippen molar-refractivity contribution < 1.29 is 14.3 Å². The number of methoxy groups -OCH3 is 1. The van der Waals surface area contributed by atoms with E-state index in [4.69, 9.17) is 44.3 Å². The summed E-state index contributed by atoms with van der Waals surface area (Å²) in [5, 5.41) is 1.09. The summed E-state index contributed by atoms with van der Waals surface area (Å²) in [5.41, 5.74) is 0.288. The molecule has 3 nitrogen and oxygen atoms in total. The number of halogens is 3. The van der Waals surface area contributed by atoms with Crippen molar-refractivity contribution in [3.8, 4) is 17.2 Å². The SMILES string of the molecule is COc1cc(Cl)ccc1Oc1cc(Cl)c(Cl)cc1C=O. The number of carbonyl (C=O) groups excluding carboxylic acids is 1. The maximum Gasteiger partial charge on any atom is 0.169 e. The molecule has 104 valence electrons. The van der Waals surface area contributed by atoms with Crippen molar-refractivity contribution in [3.63, 3.8) is 0 Å². The van der Waals surface area contributed by atoms with E-state index >= 15 is 0 Å². The number of hydrogen-bond acceptors (Lipinski definition) is 3. The molecule has 0 bridgehead atoms. The predicted octanol–water partition coefficient (Wildman–Crippen LogP) is 5.26. The molecule has 20 heavy (non-hydrogen) atoms. The number of hydrogen-bond donors (Lipinski definition) is 0. The van der Waals surface area contributed by atoms with Crippen LogP contribution in [0.15, 0.2) is 30.3 Å². The molecule has 0 saturated carbocycles. The van der Waals surface area contributed by atoms with Crippen LogP contribution in [0.1, 0.15) is 10.4 Å². The summed E-state index contributed by atoms with van der Waals surface area (Å²) in [6.45, 7) is 0. The Labute approximate surface area is 131 Å². The second kappa shape index (κ2) is 6.35. The van der Waals surface area contributed by atoms with Crippen LogP contribution < -0.4 is 9.47 Å². The van der Waals surface area contributed by atoms with Gasteiger partial charge in [0.1, 0.15) is 5.75 Å². The van der Waals surface area contributed by atoms with Crippen LogP contribution in [0.5, 0.6) is 17.2 Å². The van der Waals surface area contributed by atoms with Crippen LogP contribution in [-0.4, -0.2) is 13.4 Å². The van der Waals surface area contributed by atoms with Crippen molar-refractivity contribution in [1.82, 2.24) is 0 Å². The first kappa shape index (κ1) is 15.0. The van der Waals surface area contributed by atoms with Gasteiger partial charge in [0.15, 0.2) is 17.8 Å². The van der Waals surface area contributed by atoms with Gasteiger partial charge in [-0.15, -0.1) is 0 Å². The number of ether oxygens (including phenoxy) is 2. The lowest BCUT2D eigenvalue weighted by atomic mass is 10.2. The Bertz CT molecular complexity index is 656. The van der Waals surface area contributed by atoms with Crippen molar-refractivity contribution in [3.05, 3.63) is 51.0 Å². The molecule has 0 N–H and O–H groups in total. The third-order valence-electron chi connectivity index (χ3n) is 2.53. The average molecular weight is 332 g/mol. The molecule has 0 unspecified atom stereocenters. The smallest absolute Gasteiger partial charge is 0.169 e. The predicted molar refractivity (Wildman–Crippen MR) is 79.9 cm³/mol. The fourth-order valence-electron chi connectivity index (χ4n) is 1.57. The third-order valence-corrected chi connectivity index (χ3v) is 3.48. The summed E-state index contributed by atoms with van der Waals surface area (Å²) in [7, 11) is 1.49. The zero-order valence-electron chi connectivity index (χ0n) is 10.3. The Kier molecular flexibility index (Phi) is 4.76. The third kappa shape index (κ3) is 3.18. The first-order valence-corrected chi connectivity index (χ1v) is 6.64. The standard InChI is InChI=1S/C14H9Cl3O3/c1-19-14-5-9(15)2-3-12(14)20-13-6-11(17)10(16)4-8(13)7-18/h2-7H,1H3. The zero-order chi connectivity index (χ0) is 14.7. The maximum atomic E-state index is 11.1. The van der Waals surface area contributed by atoms with E-state index in [1.54, 1.807) is 18.2 Å². The monoisotopic (exact) mass is 330 g/mol. The maximum absolute atomic E-state index is 11.1. The van der Waals surface area contributed by atoms with Gasteiger partial charge >= 0.3 is 0 Å². The van der Waals surface area contributed by atoms with Gasteiger partial charge in [-0.3, -0.25) is 4.79 Å². The molecule has 0 aromatic heterocycles. The minimum absolute atomic E-state index is 0.282. The normalized spacial score (nSPS) is 10.2. The zero-order valence-corrected chi connectivity index (χ0v) is 12.6. The van der Waals surface area contributed by atoms with Crippen LogP contribution >= 0.6 is 34.8 Å². The minimum Gasteiger partial charge on any atom is -0.493 e. The molecule has 0 radical (unpaired) electrons. The van der Waals surface area contributed by atoms with Gasteiger partial charge in [-0.2, -0.15) is 0 Å². The summed E-state index contributed by atoms with van der Waals surface area (Å²) in [6.07, 6.45) is 0.639. The highest BCUT2D eigenvalue weighted by atomic mass is 35.5. The summed E-state index contributed by atoms with van der Waals surface area (Å²) in [6, 6.07) is 7.81. The number of rotatable bonds is 4. The number of benzene rings is 2. The van der Waals surface area contributed by atoms with Gasteiger partial charge in [0.25, 0.3) is 0 Å². The van der Waals surface area contributed by atoms with Crippen LogP contribution in [0, 0.1) is 0 Å². The Morgan fingerprint density at radius 1 is 0.950 bits per heavy atom. The average Bonchev–Trinajstić information content (AvgIpc) is 2.44. The first-order chi connectivity index (χ1) is 9.55. The highest BCUT2D eigenvalue weighted by Gasteiger charge is 2.12. The highest BCUT2D eigenvalue weighted by molar-refractivity contribution is 6.42. The lowest BCUT2D eigenvalue weighted by Crippen LogP contribution is -1.94. The second-order valence-electron chi connectivity index (χ2n) is 3.82. The van der Waals surface area contributed by atoms with Gasteiger partial charge in [0.05, 0.1) is 22.7 Å². The van der Waals surface area contributed by atoms with E-state index in [9.17, 15) is 4.79 Å². The van der Waals surface area contributed by atoms with E-state index in [1.807, 2.05) is 0 Å². The van der Waals surface area contributed by atoms with Gasteiger partial charge in [0.2, 0.25) is 0 Å². The molecule has 0 aliphatic heterocycles. The first-order valence-electron chi connectivity index (χ1n) is 5.50. The largest absolute Gasteiger partial charge is 0.493 e. The molecule has 2 aromatic rings. The van der Waals surface area contributed by atoms with Crippen LogP contribution in [-0.2, 0) is 0 Å². The van der Waals surface area contributed by atoms with Gasteiger partial charge in [-0.05, 0) is 18.2 Å². The number of aldehydes is 1. The molecule has 0 atom stereocenters. The van der Waals surface area contributed by atoms with Gasteiger partial charge in [0, 0.05) is 17.2 Å². The molecule has 0 aliphatic carbocycles.